The van der Waals surface area contributed by atoms with Crippen LogP contribution >= 0.6 is 11.3 Å². The summed E-state index contributed by atoms with van der Waals surface area (Å²) in [5.74, 6) is -0.409. The van der Waals surface area contributed by atoms with Gasteiger partial charge < -0.3 is 9.88 Å². The molecular formula is C22H19FN2OS. The van der Waals surface area contributed by atoms with Crippen LogP contribution in [0.4, 0.5) is 4.39 Å². The van der Waals surface area contributed by atoms with Crippen LogP contribution in [0.5, 0.6) is 0 Å². The first-order chi connectivity index (χ1) is 13.1. The van der Waals surface area contributed by atoms with Gasteiger partial charge >= 0.3 is 0 Å². The van der Waals surface area contributed by atoms with Crippen LogP contribution in [0, 0.1) is 12.7 Å². The number of benzene rings is 2. The Balaban J connectivity index is 1.61. The molecule has 5 heteroatoms. The third-order valence-electron chi connectivity index (χ3n) is 4.50. The molecule has 0 aliphatic rings. The van der Waals surface area contributed by atoms with Gasteiger partial charge in [0, 0.05) is 18.0 Å². The first-order valence-corrected chi connectivity index (χ1v) is 9.58. The average molecular weight is 378 g/mol. The Bertz CT molecular complexity index is 1080. The van der Waals surface area contributed by atoms with Gasteiger partial charge in [-0.1, -0.05) is 42.5 Å². The summed E-state index contributed by atoms with van der Waals surface area (Å²) in [5.41, 5.74) is 3.73. The number of carbonyl (C=O) groups excluding carboxylic acids is 1. The molecule has 0 spiro atoms. The van der Waals surface area contributed by atoms with Crippen LogP contribution in [-0.4, -0.2) is 10.5 Å². The van der Waals surface area contributed by atoms with E-state index in [1.807, 2.05) is 24.3 Å². The fraction of sp³-hybridized carbons (Fsp3) is 0.136. The highest BCUT2D eigenvalue weighted by molar-refractivity contribution is 7.19. The molecule has 0 fully saturated rings. The van der Waals surface area contributed by atoms with Gasteiger partial charge in [-0.3, -0.25) is 4.79 Å². The number of nitrogens with one attached hydrogen (secondary N) is 1. The third kappa shape index (κ3) is 3.78. The van der Waals surface area contributed by atoms with E-state index in [0.29, 0.717) is 18.8 Å². The van der Waals surface area contributed by atoms with Crippen molar-refractivity contribution in [2.75, 3.05) is 0 Å². The molecule has 4 rings (SSSR count). The molecule has 0 unspecified atom stereocenters. The van der Waals surface area contributed by atoms with Gasteiger partial charge in [-0.15, -0.1) is 11.3 Å². The van der Waals surface area contributed by atoms with Crippen LogP contribution in [0.15, 0.2) is 66.7 Å². The topological polar surface area (TPSA) is 34.0 Å². The number of halogens is 1. The van der Waals surface area contributed by atoms with Crippen molar-refractivity contribution in [1.82, 2.24) is 9.88 Å². The Labute approximate surface area is 161 Å². The average Bonchev–Trinajstić information content (AvgIpc) is 3.19. The largest absolute Gasteiger partial charge is 0.347 e. The molecule has 0 radical (unpaired) electrons. The molecular weight excluding hydrogens is 359 g/mol. The number of thiophene rings is 1. The third-order valence-corrected chi connectivity index (χ3v) is 5.48. The maximum atomic E-state index is 13.0. The Kier molecular flexibility index (Phi) is 4.77. The van der Waals surface area contributed by atoms with E-state index in [1.54, 1.807) is 23.5 Å². The molecule has 3 nitrogen and oxygen atoms in total. The molecule has 0 atom stereocenters. The van der Waals surface area contributed by atoms with Gasteiger partial charge in [-0.25, -0.2) is 4.39 Å². The van der Waals surface area contributed by atoms with Gasteiger partial charge in [0.25, 0.3) is 5.91 Å². The number of rotatable bonds is 5. The number of fused-ring (bicyclic) bond motifs is 1. The Morgan fingerprint density at radius 2 is 1.78 bits per heavy atom. The van der Waals surface area contributed by atoms with Crippen LogP contribution in [-0.2, 0) is 13.1 Å². The van der Waals surface area contributed by atoms with Gasteiger partial charge in [0.2, 0.25) is 0 Å². The van der Waals surface area contributed by atoms with E-state index < -0.39 is 0 Å². The monoisotopic (exact) mass is 378 g/mol. The molecule has 0 aliphatic heterocycles. The molecule has 2 aromatic heterocycles. The van der Waals surface area contributed by atoms with Gasteiger partial charge in [-0.2, -0.15) is 0 Å². The second kappa shape index (κ2) is 7.37. The number of aryl methyl sites for hydroxylation is 1. The van der Waals surface area contributed by atoms with E-state index in [9.17, 15) is 9.18 Å². The number of aromatic nitrogens is 1. The first-order valence-electron chi connectivity index (χ1n) is 8.76. The number of carbonyl (C=O) groups is 1. The normalized spacial score (nSPS) is 11.0. The number of hydrogen-bond acceptors (Lipinski definition) is 2. The lowest BCUT2D eigenvalue weighted by Gasteiger charge is -2.11. The van der Waals surface area contributed by atoms with Crippen LogP contribution in [0.25, 0.3) is 10.2 Å². The SMILES string of the molecule is Cc1cc2c(cc(C(=O)NCc3ccc(F)cc3)n2Cc2ccccc2)s1. The van der Waals surface area contributed by atoms with Gasteiger partial charge in [0.15, 0.2) is 0 Å². The second-order valence-electron chi connectivity index (χ2n) is 6.52. The highest BCUT2D eigenvalue weighted by Crippen LogP contribution is 2.29. The summed E-state index contributed by atoms with van der Waals surface area (Å²) in [6, 6.07) is 20.4. The van der Waals surface area contributed by atoms with Crippen LogP contribution < -0.4 is 5.32 Å². The quantitative estimate of drug-likeness (QED) is 0.513. The van der Waals surface area contributed by atoms with E-state index in [1.165, 1.54) is 17.0 Å². The van der Waals surface area contributed by atoms with Crippen LogP contribution in [0.3, 0.4) is 0 Å². The molecule has 1 N–H and O–H groups in total. The summed E-state index contributed by atoms with van der Waals surface area (Å²) in [5, 5.41) is 2.95. The molecule has 2 heterocycles. The molecule has 4 aromatic rings. The first kappa shape index (κ1) is 17.5. The molecule has 1 amide bonds. The Hall–Kier alpha value is -2.92. The molecule has 0 saturated heterocycles. The number of hydrogen-bond donors (Lipinski definition) is 1. The summed E-state index contributed by atoms with van der Waals surface area (Å²) in [6.07, 6.45) is 0. The Morgan fingerprint density at radius 1 is 1.04 bits per heavy atom. The van der Waals surface area contributed by atoms with Crippen molar-refractivity contribution in [3.63, 3.8) is 0 Å². The molecule has 0 aliphatic carbocycles. The standard InChI is InChI=1S/C22H19FN2OS/c1-15-11-19-21(27-15)12-20(25(19)14-17-5-3-2-4-6-17)22(26)24-13-16-7-9-18(23)10-8-16/h2-12H,13-14H2,1H3,(H,24,26). The summed E-state index contributed by atoms with van der Waals surface area (Å²) in [7, 11) is 0. The predicted octanol–water partition coefficient (Wildman–Crippen LogP) is 5.13. The summed E-state index contributed by atoms with van der Waals surface area (Å²) < 4.78 is 16.2. The lowest BCUT2D eigenvalue weighted by Crippen LogP contribution is -2.25. The predicted molar refractivity (Wildman–Crippen MR) is 108 cm³/mol. The summed E-state index contributed by atoms with van der Waals surface area (Å²) in [4.78, 5) is 14.1. The van der Waals surface area contributed by atoms with Crippen LogP contribution in [0.2, 0.25) is 0 Å². The maximum Gasteiger partial charge on any atom is 0.268 e. The van der Waals surface area contributed by atoms with E-state index in [2.05, 4.69) is 35.0 Å². The molecule has 2 aromatic carbocycles. The van der Waals surface area contributed by atoms with Crippen molar-refractivity contribution in [1.29, 1.82) is 0 Å². The number of nitrogens with zero attached hydrogens (tertiary/aromatic N) is 1. The van der Waals surface area contributed by atoms with E-state index in [4.69, 9.17) is 0 Å². The van der Waals surface area contributed by atoms with Gasteiger partial charge in [0.1, 0.15) is 11.5 Å². The molecule has 27 heavy (non-hydrogen) atoms. The minimum absolute atomic E-state index is 0.128. The minimum atomic E-state index is -0.280. The summed E-state index contributed by atoms with van der Waals surface area (Å²) >= 11 is 1.69. The fourth-order valence-electron chi connectivity index (χ4n) is 3.16. The minimum Gasteiger partial charge on any atom is -0.347 e. The zero-order chi connectivity index (χ0) is 18.8. The van der Waals surface area contributed by atoms with Crippen LogP contribution in [0.1, 0.15) is 26.5 Å². The Morgan fingerprint density at radius 3 is 2.52 bits per heavy atom. The van der Waals surface area contributed by atoms with Crippen molar-refractivity contribution >= 4 is 27.5 Å². The number of amides is 1. The van der Waals surface area contributed by atoms with Gasteiger partial charge in [-0.05, 0) is 42.3 Å². The molecule has 0 bridgehead atoms. The maximum absolute atomic E-state index is 13.0. The molecule has 0 saturated carbocycles. The zero-order valence-corrected chi connectivity index (χ0v) is 15.7. The van der Waals surface area contributed by atoms with Crippen molar-refractivity contribution in [2.45, 2.75) is 20.0 Å². The van der Waals surface area contributed by atoms with E-state index in [-0.39, 0.29) is 11.7 Å². The smallest absolute Gasteiger partial charge is 0.268 e. The summed E-state index contributed by atoms with van der Waals surface area (Å²) in [6.45, 7) is 3.08. The van der Waals surface area contributed by atoms with E-state index in [0.717, 1.165) is 21.3 Å². The van der Waals surface area contributed by atoms with E-state index >= 15 is 0 Å². The van der Waals surface area contributed by atoms with Gasteiger partial charge in [0.05, 0.1) is 10.2 Å². The second-order valence-corrected chi connectivity index (χ2v) is 7.80. The van der Waals surface area contributed by atoms with Crippen molar-refractivity contribution in [2.24, 2.45) is 0 Å². The lowest BCUT2D eigenvalue weighted by molar-refractivity contribution is 0.0942. The van der Waals surface area contributed by atoms with Crippen molar-refractivity contribution in [3.8, 4) is 0 Å². The highest BCUT2D eigenvalue weighted by atomic mass is 32.1. The molecule has 136 valence electrons. The lowest BCUT2D eigenvalue weighted by atomic mass is 10.2. The van der Waals surface area contributed by atoms with Crippen molar-refractivity contribution < 1.29 is 9.18 Å². The fourth-order valence-corrected chi connectivity index (χ4v) is 4.13. The van der Waals surface area contributed by atoms with Crippen molar-refractivity contribution in [3.05, 3.63) is 94.2 Å². The zero-order valence-electron chi connectivity index (χ0n) is 14.9. The highest BCUT2D eigenvalue weighted by Gasteiger charge is 2.17.